The first-order valence-electron chi connectivity index (χ1n) is 9.11. The molecule has 1 aromatic carbocycles. The van der Waals surface area contributed by atoms with E-state index in [0.29, 0.717) is 23.9 Å². The maximum Gasteiger partial charge on any atom is 0.354 e. The summed E-state index contributed by atoms with van der Waals surface area (Å²) in [4.78, 5) is 12.4. The van der Waals surface area contributed by atoms with Crippen molar-refractivity contribution in [1.29, 1.82) is 0 Å². The molecule has 0 fully saturated rings. The topological polar surface area (TPSA) is 40.5 Å². The molecule has 0 bridgehead atoms. The molecule has 27 heavy (non-hydrogen) atoms. The largest absolute Gasteiger partial charge is 0.464 e. The van der Waals surface area contributed by atoms with Crippen LogP contribution in [0.4, 0.5) is 0 Å². The molecule has 0 atom stereocenters. The number of fused-ring (bicyclic) bond motifs is 1. The Morgan fingerprint density at radius 1 is 1.30 bits per heavy atom. The molecule has 1 heterocycles. The van der Waals surface area contributed by atoms with E-state index in [0.717, 1.165) is 27.4 Å². The van der Waals surface area contributed by atoms with Crippen LogP contribution in [-0.2, 0) is 15.7 Å². The monoisotopic (exact) mass is 473 g/mol. The molecular formula is C20H29BrClNO3Si. The molecule has 0 saturated carbocycles. The van der Waals surface area contributed by atoms with Gasteiger partial charge in [-0.2, -0.15) is 0 Å². The Hall–Kier alpha value is -0.823. The lowest BCUT2D eigenvalue weighted by atomic mass is 10.1. The average Bonchev–Trinajstić information content (AvgIpc) is 2.85. The number of carbonyl (C=O) groups excluding carboxylic acids is 1. The van der Waals surface area contributed by atoms with Crippen molar-refractivity contribution in [1.82, 2.24) is 4.57 Å². The minimum absolute atomic E-state index is 0.183. The van der Waals surface area contributed by atoms with Gasteiger partial charge in [0.25, 0.3) is 0 Å². The summed E-state index contributed by atoms with van der Waals surface area (Å²) in [5.74, 6) is -0.336. The summed E-state index contributed by atoms with van der Waals surface area (Å²) in [7, 11) is -0.367. The number of nitrogens with zero attached hydrogens (tertiary/aromatic N) is 1. The molecule has 0 saturated heterocycles. The van der Waals surface area contributed by atoms with E-state index in [2.05, 4.69) is 49.8 Å². The van der Waals surface area contributed by atoms with Crippen molar-refractivity contribution in [2.45, 2.75) is 58.8 Å². The Kier molecular flexibility index (Phi) is 6.88. The van der Waals surface area contributed by atoms with Crippen molar-refractivity contribution in [3.05, 3.63) is 32.9 Å². The third-order valence-corrected chi connectivity index (χ3v) is 11.4. The Labute approximate surface area is 176 Å². The summed E-state index contributed by atoms with van der Waals surface area (Å²) >= 11 is 9.83. The number of halogens is 2. The van der Waals surface area contributed by atoms with Crippen LogP contribution in [0.1, 0.15) is 43.2 Å². The molecule has 150 valence electrons. The maximum atomic E-state index is 12.4. The van der Waals surface area contributed by atoms with E-state index < -0.39 is 8.32 Å². The Bertz CT molecular complexity index is 855. The first-order chi connectivity index (χ1) is 12.4. The van der Waals surface area contributed by atoms with E-state index in [9.17, 15) is 4.79 Å². The lowest BCUT2D eigenvalue weighted by molar-refractivity contribution is 0.0587. The van der Waals surface area contributed by atoms with E-state index >= 15 is 0 Å². The van der Waals surface area contributed by atoms with Crippen molar-refractivity contribution in [2.24, 2.45) is 0 Å². The highest BCUT2D eigenvalue weighted by atomic mass is 79.9. The van der Waals surface area contributed by atoms with Crippen LogP contribution < -0.4 is 0 Å². The number of esters is 1. The zero-order valence-electron chi connectivity index (χ0n) is 17.2. The number of carbonyl (C=O) groups is 1. The number of hydrogen-bond donors (Lipinski definition) is 0. The lowest BCUT2D eigenvalue weighted by Crippen LogP contribution is -2.41. The van der Waals surface area contributed by atoms with Gasteiger partial charge in [-0.15, -0.1) is 0 Å². The van der Waals surface area contributed by atoms with Crippen LogP contribution in [-0.4, -0.2) is 32.6 Å². The summed E-state index contributed by atoms with van der Waals surface area (Å²) in [6.45, 7) is 14.5. The number of aryl methyl sites for hydroxylation is 2. The molecule has 2 rings (SSSR count). The van der Waals surface area contributed by atoms with Gasteiger partial charge in [-0.1, -0.05) is 32.4 Å². The van der Waals surface area contributed by atoms with Gasteiger partial charge in [-0.05, 0) is 65.1 Å². The van der Waals surface area contributed by atoms with Crippen molar-refractivity contribution in [2.75, 3.05) is 13.7 Å². The number of rotatable bonds is 6. The fourth-order valence-electron chi connectivity index (χ4n) is 2.92. The predicted octanol–water partition coefficient (Wildman–Crippen LogP) is 6.56. The van der Waals surface area contributed by atoms with E-state index in [1.54, 1.807) is 0 Å². The molecule has 0 aliphatic rings. The van der Waals surface area contributed by atoms with Gasteiger partial charge in [-0.3, -0.25) is 0 Å². The summed E-state index contributed by atoms with van der Waals surface area (Å²) in [5, 5.41) is 1.76. The standard InChI is InChI=1S/C20H29BrClNO3Si/c1-13-16-15(10-9-14(22)17(16)21)23(18(13)19(24)25-5)11-8-12-26-27(6,7)20(2,3)4/h9-10H,8,11-12H2,1-7H3. The first kappa shape index (κ1) is 22.5. The van der Waals surface area contributed by atoms with Crippen LogP contribution in [0.25, 0.3) is 10.9 Å². The summed E-state index contributed by atoms with van der Waals surface area (Å²) in [6.07, 6.45) is 0.819. The molecule has 0 aliphatic heterocycles. The fourth-order valence-corrected chi connectivity index (χ4v) is 4.80. The highest BCUT2D eigenvalue weighted by Gasteiger charge is 2.36. The second-order valence-electron chi connectivity index (χ2n) is 8.33. The number of aromatic nitrogens is 1. The minimum atomic E-state index is -1.78. The Morgan fingerprint density at radius 3 is 2.48 bits per heavy atom. The predicted molar refractivity (Wildman–Crippen MR) is 118 cm³/mol. The van der Waals surface area contributed by atoms with Crippen LogP contribution in [0, 0.1) is 6.92 Å². The molecule has 0 N–H and O–H groups in total. The van der Waals surface area contributed by atoms with Crippen LogP contribution in [0.5, 0.6) is 0 Å². The zero-order chi connectivity index (χ0) is 20.6. The molecular weight excluding hydrogens is 446 g/mol. The van der Waals surface area contributed by atoms with E-state index in [4.69, 9.17) is 20.8 Å². The van der Waals surface area contributed by atoms with Gasteiger partial charge in [0, 0.05) is 23.0 Å². The average molecular weight is 475 g/mol. The highest BCUT2D eigenvalue weighted by molar-refractivity contribution is 9.10. The second-order valence-corrected chi connectivity index (χ2v) is 14.3. The first-order valence-corrected chi connectivity index (χ1v) is 13.2. The molecule has 0 aliphatic carbocycles. The third-order valence-electron chi connectivity index (χ3n) is 5.54. The maximum absolute atomic E-state index is 12.4. The molecule has 4 nitrogen and oxygen atoms in total. The molecule has 0 radical (unpaired) electrons. The van der Waals surface area contributed by atoms with Crippen LogP contribution >= 0.6 is 27.5 Å². The number of benzene rings is 1. The minimum Gasteiger partial charge on any atom is -0.464 e. The SMILES string of the molecule is COC(=O)c1c(C)c2c(Br)c(Cl)ccc2n1CCCO[Si](C)(C)C(C)(C)C. The van der Waals surface area contributed by atoms with Gasteiger partial charge in [0.05, 0.1) is 17.6 Å². The fraction of sp³-hybridized carbons (Fsp3) is 0.550. The normalized spacial score (nSPS) is 12.6. The van der Waals surface area contributed by atoms with Gasteiger partial charge in [0.15, 0.2) is 8.32 Å². The van der Waals surface area contributed by atoms with Gasteiger partial charge in [-0.25, -0.2) is 4.79 Å². The third kappa shape index (κ3) is 4.44. The molecule has 2 aromatic rings. The van der Waals surface area contributed by atoms with E-state index in [-0.39, 0.29) is 11.0 Å². The number of methoxy groups -OCH3 is 1. The molecule has 0 unspecified atom stereocenters. The smallest absolute Gasteiger partial charge is 0.354 e. The molecule has 7 heteroatoms. The van der Waals surface area contributed by atoms with E-state index in [1.807, 2.05) is 23.6 Å². The zero-order valence-corrected chi connectivity index (χ0v) is 20.5. The summed E-state index contributed by atoms with van der Waals surface area (Å²) in [6, 6.07) is 3.80. The van der Waals surface area contributed by atoms with Crippen LogP contribution in [0.2, 0.25) is 23.2 Å². The highest BCUT2D eigenvalue weighted by Crippen LogP contribution is 2.38. The van der Waals surface area contributed by atoms with Gasteiger partial charge >= 0.3 is 5.97 Å². The summed E-state index contributed by atoms with van der Waals surface area (Å²) < 4.78 is 14.1. The van der Waals surface area contributed by atoms with Crippen molar-refractivity contribution in [3.63, 3.8) is 0 Å². The van der Waals surface area contributed by atoms with Gasteiger partial charge in [0.2, 0.25) is 0 Å². The molecule has 1 aromatic heterocycles. The number of ether oxygens (including phenoxy) is 1. The van der Waals surface area contributed by atoms with Crippen molar-refractivity contribution in [3.8, 4) is 0 Å². The van der Waals surface area contributed by atoms with Crippen molar-refractivity contribution < 1.29 is 14.0 Å². The Morgan fingerprint density at radius 2 is 1.93 bits per heavy atom. The summed E-state index contributed by atoms with van der Waals surface area (Å²) in [5.41, 5.74) is 2.41. The quantitative estimate of drug-likeness (QED) is 0.270. The number of hydrogen-bond acceptors (Lipinski definition) is 3. The lowest BCUT2D eigenvalue weighted by Gasteiger charge is -2.36. The molecule has 0 spiro atoms. The molecule has 0 amide bonds. The van der Waals surface area contributed by atoms with Crippen LogP contribution in [0.15, 0.2) is 16.6 Å². The second kappa shape index (κ2) is 8.27. The van der Waals surface area contributed by atoms with E-state index in [1.165, 1.54) is 7.11 Å². The van der Waals surface area contributed by atoms with Crippen molar-refractivity contribution >= 4 is 52.7 Å². The van der Waals surface area contributed by atoms with Crippen LogP contribution in [0.3, 0.4) is 0 Å². The van der Waals surface area contributed by atoms with Gasteiger partial charge in [0.1, 0.15) is 5.69 Å². The van der Waals surface area contributed by atoms with Gasteiger partial charge < -0.3 is 13.7 Å². The Balaban J connectivity index is 2.32.